The molecular weight excluding hydrogens is 326 g/mol. The van der Waals surface area contributed by atoms with Gasteiger partial charge in [0.05, 0.1) is 6.07 Å². The summed E-state index contributed by atoms with van der Waals surface area (Å²) in [5.74, 6) is 3.39. The van der Waals surface area contributed by atoms with Crippen LogP contribution in [0.5, 0.6) is 0 Å². The van der Waals surface area contributed by atoms with E-state index in [4.69, 9.17) is 5.26 Å². The zero-order chi connectivity index (χ0) is 19.2. The van der Waals surface area contributed by atoms with E-state index < -0.39 is 0 Å². The van der Waals surface area contributed by atoms with E-state index in [9.17, 15) is 0 Å². The van der Waals surface area contributed by atoms with Crippen LogP contribution in [0.4, 0.5) is 0 Å². The van der Waals surface area contributed by atoms with Gasteiger partial charge in [0.2, 0.25) is 0 Å². The largest absolute Gasteiger partial charge is 0.198 e. The molecule has 27 heavy (non-hydrogen) atoms. The molecule has 2 rings (SSSR count). The first-order valence-corrected chi connectivity index (χ1v) is 12.7. The van der Waals surface area contributed by atoms with E-state index in [0.717, 1.165) is 17.8 Å². The Morgan fingerprint density at radius 1 is 0.556 bits per heavy atom. The van der Waals surface area contributed by atoms with Crippen LogP contribution < -0.4 is 0 Å². The van der Waals surface area contributed by atoms with E-state index in [0.29, 0.717) is 5.92 Å². The quantitative estimate of drug-likeness (QED) is 0.296. The first kappa shape index (κ1) is 22.8. The Morgan fingerprint density at radius 2 is 0.963 bits per heavy atom. The Hall–Kier alpha value is -0.510. The lowest BCUT2D eigenvalue weighted by Gasteiger charge is -2.31. The van der Waals surface area contributed by atoms with E-state index in [-0.39, 0.29) is 0 Å². The molecule has 0 heterocycles. The minimum atomic E-state index is 0.373. The Balaban J connectivity index is 1.40. The Bertz CT molecular complexity index is 380. The molecule has 0 unspecified atom stereocenters. The number of unbranched alkanes of at least 4 members (excludes halogenated alkanes) is 8. The number of nitriles is 1. The monoisotopic (exact) mass is 373 g/mol. The molecule has 1 heteroatoms. The van der Waals surface area contributed by atoms with Crippen molar-refractivity contribution in [2.75, 3.05) is 0 Å². The molecule has 0 N–H and O–H groups in total. The van der Waals surface area contributed by atoms with Crippen LogP contribution in [0.1, 0.15) is 135 Å². The summed E-state index contributed by atoms with van der Waals surface area (Å²) in [6.45, 7) is 2.30. The summed E-state index contributed by atoms with van der Waals surface area (Å²) in [4.78, 5) is 0. The molecule has 0 aromatic heterocycles. The molecule has 0 radical (unpaired) electrons. The molecule has 0 aromatic carbocycles. The molecule has 2 fully saturated rings. The van der Waals surface area contributed by atoms with Crippen molar-refractivity contribution in [2.45, 2.75) is 135 Å². The van der Waals surface area contributed by atoms with Crippen LogP contribution in [0.3, 0.4) is 0 Å². The van der Waals surface area contributed by atoms with Gasteiger partial charge >= 0.3 is 0 Å². The van der Waals surface area contributed by atoms with E-state index in [1.54, 1.807) is 0 Å². The topological polar surface area (TPSA) is 23.8 Å². The van der Waals surface area contributed by atoms with Gasteiger partial charge < -0.3 is 0 Å². The van der Waals surface area contributed by atoms with Gasteiger partial charge in [-0.2, -0.15) is 5.26 Å². The molecule has 156 valence electrons. The molecule has 2 saturated carbocycles. The molecule has 0 amide bonds. The lowest BCUT2D eigenvalue weighted by Crippen LogP contribution is -2.17. The summed E-state index contributed by atoms with van der Waals surface area (Å²) in [6.07, 6.45) is 28.6. The second-order valence-electron chi connectivity index (χ2n) is 9.93. The fourth-order valence-electron chi connectivity index (χ4n) is 5.60. The first-order valence-electron chi connectivity index (χ1n) is 12.7. The van der Waals surface area contributed by atoms with E-state index >= 15 is 0 Å². The van der Waals surface area contributed by atoms with Gasteiger partial charge in [0, 0.05) is 5.92 Å². The lowest BCUT2D eigenvalue weighted by molar-refractivity contribution is 0.220. The average Bonchev–Trinajstić information content (AvgIpc) is 2.72. The third-order valence-corrected chi connectivity index (χ3v) is 7.69. The molecule has 0 spiro atoms. The van der Waals surface area contributed by atoms with Crippen LogP contribution in [0.15, 0.2) is 0 Å². The standard InChI is InChI=1S/C26H47N/c1-2-3-4-5-6-7-8-9-10-11-23-12-14-24(15-13-23)16-17-25-18-20-26(22-27)21-19-25/h23-26H,2-21H2,1H3. The maximum Gasteiger partial charge on any atom is 0.0655 e. The second-order valence-corrected chi connectivity index (χ2v) is 9.93. The molecule has 1 nitrogen and oxygen atoms in total. The highest BCUT2D eigenvalue weighted by Gasteiger charge is 2.24. The minimum Gasteiger partial charge on any atom is -0.198 e. The smallest absolute Gasteiger partial charge is 0.0655 e. The van der Waals surface area contributed by atoms with E-state index in [1.165, 1.54) is 128 Å². The number of hydrogen-bond donors (Lipinski definition) is 0. The average molecular weight is 374 g/mol. The zero-order valence-corrected chi connectivity index (χ0v) is 18.4. The van der Waals surface area contributed by atoms with Crippen molar-refractivity contribution in [2.24, 2.45) is 23.7 Å². The predicted molar refractivity (Wildman–Crippen MR) is 118 cm³/mol. The second kappa shape index (κ2) is 14.5. The van der Waals surface area contributed by atoms with Crippen LogP contribution in [0.25, 0.3) is 0 Å². The highest BCUT2D eigenvalue weighted by atomic mass is 14.3. The molecular formula is C26H47N. The minimum absolute atomic E-state index is 0.373. The van der Waals surface area contributed by atoms with Crippen LogP contribution in [-0.2, 0) is 0 Å². The predicted octanol–water partition coefficient (Wildman–Crippen LogP) is 8.82. The highest BCUT2D eigenvalue weighted by Crippen LogP contribution is 2.37. The Labute approximate surface area is 170 Å². The van der Waals surface area contributed by atoms with Crippen molar-refractivity contribution >= 4 is 0 Å². The van der Waals surface area contributed by atoms with Crippen molar-refractivity contribution < 1.29 is 0 Å². The van der Waals surface area contributed by atoms with Gasteiger partial charge in [-0.25, -0.2) is 0 Å². The van der Waals surface area contributed by atoms with Crippen LogP contribution in [0, 0.1) is 35.0 Å². The Morgan fingerprint density at radius 3 is 1.44 bits per heavy atom. The third-order valence-electron chi connectivity index (χ3n) is 7.69. The summed E-state index contributed by atoms with van der Waals surface area (Å²) in [7, 11) is 0. The van der Waals surface area contributed by atoms with Crippen LogP contribution in [0.2, 0.25) is 0 Å². The van der Waals surface area contributed by atoms with Crippen LogP contribution in [-0.4, -0.2) is 0 Å². The Kier molecular flexibility index (Phi) is 12.2. The lowest BCUT2D eigenvalue weighted by atomic mass is 9.75. The zero-order valence-electron chi connectivity index (χ0n) is 18.4. The fraction of sp³-hybridized carbons (Fsp3) is 0.962. The van der Waals surface area contributed by atoms with Crippen molar-refractivity contribution in [1.82, 2.24) is 0 Å². The molecule has 0 bridgehead atoms. The molecule has 0 saturated heterocycles. The van der Waals surface area contributed by atoms with Gasteiger partial charge in [-0.05, 0) is 43.4 Å². The summed E-state index contributed by atoms with van der Waals surface area (Å²) >= 11 is 0. The van der Waals surface area contributed by atoms with Crippen LogP contribution >= 0.6 is 0 Å². The van der Waals surface area contributed by atoms with Crippen molar-refractivity contribution in [1.29, 1.82) is 5.26 Å². The summed E-state index contributed by atoms with van der Waals surface area (Å²) in [6, 6.07) is 2.47. The molecule has 0 atom stereocenters. The highest BCUT2D eigenvalue weighted by molar-refractivity contribution is 4.87. The maximum atomic E-state index is 9.03. The van der Waals surface area contributed by atoms with Gasteiger partial charge in [0.1, 0.15) is 0 Å². The summed E-state index contributed by atoms with van der Waals surface area (Å²) in [5.41, 5.74) is 0. The first-order chi connectivity index (χ1) is 13.3. The van der Waals surface area contributed by atoms with Gasteiger partial charge in [0.15, 0.2) is 0 Å². The number of nitrogens with zero attached hydrogens (tertiary/aromatic N) is 1. The van der Waals surface area contributed by atoms with Gasteiger partial charge in [0.25, 0.3) is 0 Å². The van der Waals surface area contributed by atoms with Crippen molar-refractivity contribution in [3.05, 3.63) is 0 Å². The summed E-state index contributed by atoms with van der Waals surface area (Å²) < 4.78 is 0. The van der Waals surface area contributed by atoms with E-state index in [1.807, 2.05) is 0 Å². The normalized spacial score (nSPS) is 28.7. The number of rotatable bonds is 13. The number of hydrogen-bond acceptors (Lipinski definition) is 1. The molecule has 0 aliphatic heterocycles. The van der Waals surface area contributed by atoms with E-state index in [2.05, 4.69) is 13.0 Å². The van der Waals surface area contributed by atoms with Gasteiger partial charge in [-0.1, -0.05) is 110 Å². The SMILES string of the molecule is CCCCCCCCCCCC1CCC(CCC2CCC(C#N)CC2)CC1. The summed E-state index contributed by atoms with van der Waals surface area (Å²) in [5, 5.41) is 9.03. The van der Waals surface area contributed by atoms with Gasteiger partial charge in [-0.15, -0.1) is 0 Å². The maximum absolute atomic E-state index is 9.03. The molecule has 2 aliphatic rings. The van der Waals surface area contributed by atoms with Gasteiger partial charge in [-0.3, -0.25) is 0 Å². The molecule has 0 aromatic rings. The van der Waals surface area contributed by atoms with Crippen molar-refractivity contribution in [3.63, 3.8) is 0 Å². The van der Waals surface area contributed by atoms with Crippen molar-refractivity contribution in [3.8, 4) is 6.07 Å². The molecule has 2 aliphatic carbocycles. The fourth-order valence-corrected chi connectivity index (χ4v) is 5.60. The third kappa shape index (κ3) is 10.0.